The molecule has 0 aliphatic carbocycles. The molecular formula is C15H19ClN2O2. The minimum absolute atomic E-state index is 0. The van der Waals surface area contributed by atoms with Gasteiger partial charge in [-0.25, -0.2) is 0 Å². The predicted molar refractivity (Wildman–Crippen MR) is 84.4 cm³/mol. The SMILES string of the molecule is CC(C)(c1ccc(O)c(N)c1)c1ccc(O)c(N)c1.Cl. The molecule has 0 unspecified atom stereocenters. The Kier molecular flexibility index (Phi) is 4.40. The minimum Gasteiger partial charge on any atom is -0.506 e. The molecule has 0 saturated carbocycles. The van der Waals surface area contributed by atoms with Gasteiger partial charge in [0.25, 0.3) is 0 Å². The Morgan fingerprint density at radius 3 is 1.45 bits per heavy atom. The number of nitrogens with two attached hydrogens (primary N) is 2. The van der Waals surface area contributed by atoms with Crippen molar-refractivity contribution >= 4 is 23.8 Å². The van der Waals surface area contributed by atoms with E-state index >= 15 is 0 Å². The molecule has 0 aromatic heterocycles. The van der Waals surface area contributed by atoms with Crippen molar-refractivity contribution in [3.8, 4) is 11.5 Å². The molecular weight excluding hydrogens is 276 g/mol. The lowest BCUT2D eigenvalue weighted by Crippen LogP contribution is -2.19. The first-order chi connectivity index (χ1) is 8.82. The Morgan fingerprint density at radius 1 is 0.800 bits per heavy atom. The highest BCUT2D eigenvalue weighted by Crippen LogP contribution is 2.36. The topological polar surface area (TPSA) is 92.5 Å². The third kappa shape index (κ3) is 2.75. The van der Waals surface area contributed by atoms with Crippen LogP contribution >= 0.6 is 12.4 Å². The van der Waals surface area contributed by atoms with Crippen molar-refractivity contribution in [2.45, 2.75) is 19.3 Å². The molecule has 0 heterocycles. The fraction of sp³-hybridized carbons (Fsp3) is 0.200. The monoisotopic (exact) mass is 294 g/mol. The van der Waals surface area contributed by atoms with E-state index < -0.39 is 0 Å². The average Bonchev–Trinajstić information content (AvgIpc) is 2.35. The second kappa shape index (κ2) is 5.51. The Hall–Kier alpha value is -2.07. The lowest BCUT2D eigenvalue weighted by atomic mass is 9.78. The van der Waals surface area contributed by atoms with Crippen LogP contribution in [0.25, 0.3) is 0 Å². The van der Waals surface area contributed by atoms with Crippen LogP contribution in [0, 0.1) is 0 Å². The highest BCUT2D eigenvalue weighted by Gasteiger charge is 2.24. The zero-order valence-electron chi connectivity index (χ0n) is 11.4. The first kappa shape index (κ1) is 16.0. The summed E-state index contributed by atoms with van der Waals surface area (Å²) in [5.74, 6) is 0.148. The molecule has 5 heteroatoms. The molecule has 0 bridgehead atoms. The third-order valence-corrected chi connectivity index (χ3v) is 3.50. The van der Waals surface area contributed by atoms with Crippen LogP contribution in [0.1, 0.15) is 25.0 Å². The van der Waals surface area contributed by atoms with E-state index in [0.29, 0.717) is 11.4 Å². The Morgan fingerprint density at radius 2 is 1.15 bits per heavy atom. The number of aromatic hydroxyl groups is 2. The second-order valence-electron chi connectivity index (χ2n) is 5.17. The van der Waals surface area contributed by atoms with Gasteiger partial charge in [-0.2, -0.15) is 0 Å². The summed E-state index contributed by atoms with van der Waals surface area (Å²) in [6, 6.07) is 10.3. The van der Waals surface area contributed by atoms with E-state index in [4.69, 9.17) is 11.5 Å². The largest absolute Gasteiger partial charge is 0.506 e. The van der Waals surface area contributed by atoms with Gasteiger partial charge >= 0.3 is 0 Å². The van der Waals surface area contributed by atoms with Crippen LogP contribution in [0.2, 0.25) is 0 Å². The first-order valence-corrected chi connectivity index (χ1v) is 6.00. The average molecular weight is 295 g/mol. The summed E-state index contributed by atoms with van der Waals surface area (Å²) >= 11 is 0. The fourth-order valence-electron chi connectivity index (χ4n) is 2.05. The van der Waals surface area contributed by atoms with Crippen molar-refractivity contribution in [1.82, 2.24) is 0 Å². The lowest BCUT2D eigenvalue weighted by molar-refractivity contribution is 0.477. The van der Waals surface area contributed by atoms with Gasteiger partial charge in [-0.1, -0.05) is 26.0 Å². The van der Waals surface area contributed by atoms with Gasteiger partial charge in [0.15, 0.2) is 0 Å². The number of anilines is 2. The van der Waals surface area contributed by atoms with Gasteiger partial charge in [0.1, 0.15) is 11.5 Å². The minimum atomic E-state index is -0.330. The number of phenols is 2. The van der Waals surface area contributed by atoms with Crippen LogP contribution in [-0.4, -0.2) is 10.2 Å². The van der Waals surface area contributed by atoms with Gasteiger partial charge in [0, 0.05) is 5.41 Å². The number of hydrogen-bond acceptors (Lipinski definition) is 4. The summed E-state index contributed by atoms with van der Waals surface area (Å²) in [5, 5.41) is 19.0. The van der Waals surface area contributed by atoms with Crippen molar-refractivity contribution in [2.75, 3.05) is 11.5 Å². The lowest BCUT2D eigenvalue weighted by Gasteiger charge is -2.27. The molecule has 2 aromatic rings. The highest BCUT2D eigenvalue weighted by molar-refractivity contribution is 5.85. The van der Waals surface area contributed by atoms with Gasteiger partial charge < -0.3 is 21.7 Å². The summed E-state index contributed by atoms with van der Waals surface area (Å²) in [7, 11) is 0. The van der Waals surface area contributed by atoms with Crippen molar-refractivity contribution < 1.29 is 10.2 Å². The molecule has 0 aliphatic heterocycles. The number of benzene rings is 2. The van der Waals surface area contributed by atoms with Gasteiger partial charge in [-0.3, -0.25) is 0 Å². The maximum atomic E-state index is 9.48. The molecule has 0 spiro atoms. The predicted octanol–water partition coefficient (Wildman–Crippen LogP) is 3.01. The van der Waals surface area contributed by atoms with Crippen LogP contribution in [0.3, 0.4) is 0 Å². The van der Waals surface area contributed by atoms with E-state index in [1.54, 1.807) is 24.3 Å². The number of halogens is 1. The van der Waals surface area contributed by atoms with Crippen molar-refractivity contribution in [2.24, 2.45) is 0 Å². The third-order valence-electron chi connectivity index (χ3n) is 3.50. The smallest absolute Gasteiger partial charge is 0.138 e. The van der Waals surface area contributed by atoms with Gasteiger partial charge in [0.2, 0.25) is 0 Å². The van der Waals surface area contributed by atoms with Crippen molar-refractivity contribution in [1.29, 1.82) is 0 Å². The molecule has 6 N–H and O–H groups in total. The van der Waals surface area contributed by atoms with E-state index in [1.807, 2.05) is 26.0 Å². The summed E-state index contributed by atoms with van der Waals surface area (Å²) in [5.41, 5.74) is 13.8. The van der Waals surface area contributed by atoms with E-state index in [1.165, 1.54) is 0 Å². The highest BCUT2D eigenvalue weighted by atomic mass is 35.5. The molecule has 2 aromatic carbocycles. The molecule has 0 radical (unpaired) electrons. The molecule has 4 nitrogen and oxygen atoms in total. The van der Waals surface area contributed by atoms with Gasteiger partial charge in [0.05, 0.1) is 11.4 Å². The van der Waals surface area contributed by atoms with Crippen LogP contribution < -0.4 is 11.5 Å². The maximum absolute atomic E-state index is 9.48. The Labute approximate surface area is 124 Å². The molecule has 2 rings (SSSR count). The van der Waals surface area contributed by atoms with Gasteiger partial charge in [-0.15, -0.1) is 12.4 Å². The van der Waals surface area contributed by atoms with Crippen molar-refractivity contribution in [3.63, 3.8) is 0 Å². The maximum Gasteiger partial charge on any atom is 0.138 e. The Bertz CT molecular complexity index is 574. The molecule has 108 valence electrons. The zero-order valence-corrected chi connectivity index (χ0v) is 12.2. The van der Waals surface area contributed by atoms with Crippen LogP contribution in [0.15, 0.2) is 36.4 Å². The number of phenolic OH excluding ortho intramolecular Hbond substituents is 2. The number of nitrogen functional groups attached to an aromatic ring is 2. The van der Waals surface area contributed by atoms with E-state index in [2.05, 4.69) is 0 Å². The first-order valence-electron chi connectivity index (χ1n) is 6.00. The summed E-state index contributed by atoms with van der Waals surface area (Å²) in [6.07, 6.45) is 0. The van der Waals surface area contributed by atoms with Crippen molar-refractivity contribution in [3.05, 3.63) is 47.5 Å². The quantitative estimate of drug-likeness (QED) is 0.506. The summed E-state index contributed by atoms with van der Waals surface area (Å²) in [6.45, 7) is 4.06. The van der Waals surface area contributed by atoms with Crippen LogP contribution in [-0.2, 0) is 5.41 Å². The zero-order chi connectivity index (χ0) is 14.2. The molecule has 0 amide bonds. The van der Waals surface area contributed by atoms with Gasteiger partial charge in [-0.05, 0) is 35.4 Å². The normalized spacial score (nSPS) is 10.9. The van der Waals surface area contributed by atoms with E-state index in [9.17, 15) is 10.2 Å². The molecule has 20 heavy (non-hydrogen) atoms. The van der Waals surface area contributed by atoms with Crippen LogP contribution in [0.5, 0.6) is 11.5 Å². The van der Waals surface area contributed by atoms with E-state index in [-0.39, 0.29) is 29.3 Å². The summed E-state index contributed by atoms with van der Waals surface area (Å²) in [4.78, 5) is 0. The summed E-state index contributed by atoms with van der Waals surface area (Å²) < 4.78 is 0. The number of rotatable bonds is 2. The fourth-order valence-corrected chi connectivity index (χ4v) is 2.05. The van der Waals surface area contributed by atoms with Crippen LogP contribution in [0.4, 0.5) is 11.4 Å². The molecule has 0 atom stereocenters. The molecule has 0 saturated heterocycles. The van der Waals surface area contributed by atoms with E-state index in [0.717, 1.165) is 11.1 Å². The molecule has 0 aliphatic rings. The number of hydrogen-bond donors (Lipinski definition) is 4. The Balaban J connectivity index is 0.00000200. The molecule has 0 fully saturated rings. The standard InChI is InChI=1S/C15H18N2O2.ClH/c1-15(2,9-3-5-13(18)11(16)7-9)10-4-6-14(19)12(17)8-10;/h3-8,18-19H,16-17H2,1-2H3;1H. The second-order valence-corrected chi connectivity index (χ2v) is 5.17.